The number of halogens is 3. The Bertz CT molecular complexity index is 949. The number of carbonyl (C=O) groups excluding carboxylic acids is 1. The molecule has 1 aromatic rings. The first-order chi connectivity index (χ1) is 15.3. The third kappa shape index (κ3) is 7.21. The van der Waals surface area contributed by atoms with Crippen molar-refractivity contribution in [1.82, 2.24) is 14.5 Å². The van der Waals surface area contributed by atoms with E-state index in [0.717, 1.165) is 43.0 Å². The number of nitrogens with one attached hydrogen (secondary N) is 1. The second-order valence-corrected chi connectivity index (χ2v) is 10.6. The van der Waals surface area contributed by atoms with Crippen LogP contribution in [-0.4, -0.2) is 88.2 Å². The van der Waals surface area contributed by atoms with Crippen molar-refractivity contribution in [2.24, 2.45) is 0 Å². The second kappa shape index (κ2) is 10.1. The summed E-state index contributed by atoms with van der Waals surface area (Å²) in [5, 5.41) is 0. The van der Waals surface area contributed by atoms with Crippen molar-refractivity contribution in [3.63, 3.8) is 0 Å². The molecule has 2 aliphatic rings. The Morgan fingerprint density at radius 3 is 2.48 bits per heavy atom. The van der Waals surface area contributed by atoms with Crippen LogP contribution in [0.25, 0.3) is 0 Å². The maximum absolute atomic E-state index is 12.6. The van der Waals surface area contributed by atoms with E-state index >= 15 is 0 Å². The third-order valence-electron chi connectivity index (χ3n) is 5.91. The molecule has 0 aromatic heterocycles. The average molecular weight is 493 g/mol. The number of rotatable bonds is 6. The predicted octanol–water partition coefficient (Wildman–Crippen LogP) is 2.33. The molecule has 3 rings (SSSR count). The van der Waals surface area contributed by atoms with E-state index < -0.39 is 28.4 Å². The quantitative estimate of drug-likeness (QED) is 0.657. The van der Waals surface area contributed by atoms with Crippen molar-refractivity contribution in [3.05, 3.63) is 29.3 Å². The molecule has 1 unspecified atom stereocenters. The molecule has 33 heavy (non-hydrogen) atoms. The Hall–Kier alpha value is -2.05. The van der Waals surface area contributed by atoms with E-state index in [0.29, 0.717) is 26.2 Å². The minimum Gasteiger partial charge on any atom is -0.437 e. The fourth-order valence-electron chi connectivity index (χ4n) is 4.10. The number of carbonyl (C=O) groups is 1. The minimum absolute atomic E-state index is 0.137. The van der Waals surface area contributed by atoms with Gasteiger partial charge in [0, 0.05) is 57.5 Å². The number of anilines is 1. The number of alkyl halides is 3. The Balaban J connectivity index is 1.59. The van der Waals surface area contributed by atoms with Crippen LogP contribution in [0.4, 0.5) is 23.7 Å². The summed E-state index contributed by atoms with van der Waals surface area (Å²) in [7, 11) is -3.27. The van der Waals surface area contributed by atoms with Crippen LogP contribution in [0.1, 0.15) is 24.5 Å². The number of benzene rings is 1. The minimum atomic E-state index is -4.58. The van der Waals surface area contributed by atoms with E-state index in [1.807, 2.05) is 19.1 Å². The molecule has 2 aliphatic heterocycles. The summed E-state index contributed by atoms with van der Waals surface area (Å²) in [5.41, 5.74) is 3.23. The number of nitrogens with zero attached hydrogens (tertiary/aromatic N) is 3. The molecule has 0 aliphatic carbocycles. The highest BCUT2D eigenvalue weighted by atomic mass is 32.2. The number of amides is 1. The maximum Gasteiger partial charge on any atom is 0.425 e. The molecule has 1 N–H and O–H groups in total. The zero-order valence-electron chi connectivity index (χ0n) is 19.1. The molecule has 12 heteroatoms. The summed E-state index contributed by atoms with van der Waals surface area (Å²) in [6.07, 6.45) is -5.79. The molecule has 1 aromatic carbocycles. The van der Waals surface area contributed by atoms with E-state index in [9.17, 15) is 26.4 Å². The molecular formula is C21H31F3N4O4S. The van der Waals surface area contributed by atoms with Crippen molar-refractivity contribution < 1.29 is 31.1 Å². The fraction of sp³-hybridized carbons (Fsp3) is 0.667. The van der Waals surface area contributed by atoms with Gasteiger partial charge in [-0.05, 0) is 37.5 Å². The van der Waals surface area contributed by atoms with Gasteiger partial charge in [0.1, 0.15) is 0 Å². The number of ether oxygens (including phenoxy) is 1. The fourth-order valence-corrected chi connectivity index (χ4v) is 4.90. The number of piperazine rings is 1. The van der Waals surface area contributed by atoms with Crippen LogP contribution in [0.3, 0.4) is 0 Å². The highest BCUT2D eigenvalue weighted by Crippen LogP contribution is 2.28. The first-order valence-corrected chi connectivity index (χ1v) is 12.8. The first-order valence-electron chi connectivity index (χ1n) is 10.9. The van der Waals surface area contributed by atoms with Gasteiger partial charge >= 0.3 is 12.3 Å². The lowest BCUT2D eigenvalue weighted by Gasteiger charge is -2.35. The smallest absolute Gasteiger partial charge is 0.425 e. The van der Waals surface area contributed by atoms with Gasteiger partial charge in [0.05, 0.1) is 6.26 Å². The van der Waals surface area contributed by atoms with Gasteiger partial charge in [-0.15, -0.1) is 0 Å². The molecule has 0 spiro atoms. The van der Waals surface area contributed by atoms with Crippen molar-refractivity contribution >= 4 is 21.8 Å². The zero-order chi connectivity index (χ0) is 24.4. The molecule has 0 bridgehead atoms. The maximum atomic E-state index is 12.6. The normalized spacial score (nSPS) is 21.3. The Kier molecular flexibility index (Phi) is 7.80. The highest BCUT2D eigenvalue weighted by Gasteiger charge is 2.40. The summed E-state index contributed by atoms with van der Waals surface area (Å²) < 4.78 is 68.3. The van der Waals surface area contributed by atoms with Crippen molar-refractivity contribution in [2.75, 3.05) is 50.4 Å². The second-order valence-electron chi connectivity index (χ2n) is 8.78. The van der Waals surface area contributed by atoms with Gasteiger partial charge in [-0.25, -0.2) is 17.9 Å². The summed E-state index contributed by atoms with van der Waals surface area (Å²) >= 11 is 0. The molecule has 2 saturated heterocycles. The Morgan fingerprint density at radius 1 is 1.21 bits per heavy atom. The van der Waals surface area contributed by atoms with Crippen LogP contribution in [0.2, 0.25) is 0 Å². The molecule has 0 saturated carbocycles. The molecule has 2 fully saturated rings. The summed E-state index contributed by atoms with van der Waals surface area (Å²) in [6, 6.07) is 6.02. The van der Waals surface area contributed by atoms with Crippen LogP contribution in [0, 0.1) is 6.92 Å². The van der Waals surface area contributed by atoms with Gasteiger partial charge in [0.25, 0.3) is 0 Å². The number of sulfonamides is 1. The molecule has 2 atom stereocenters. The molecule has 1 amide bonds. The van der Waals surface area contributed by atoms with E-state index in [2.05, 4.69) is 25.3 Å². The predicted molar refractivity (Wildman–Crippen MR) is 119 cm³/mol. The zero-order valence-corrected chi connectivity index (χ0v) is 19.9. The van der Waals surface area contributed by atoms with Gasteiger partial charge in [-0.3, -0.25) is 4.90 Å². The van der Waals surface area contributed by atoms with E-state index in [-0.39, 0.29) is 19.1 Å². The van der Waals surface area contributed by atoms with Crippen LogP contribution in [0.5, 0.6) is 0 Å². The van der Waals surface area contributed by atoms with Gasteiger partial charge < -0.3 is 14.5 Å². The standard InChI is InChI=1S/C21H31F3N4O4S/c1-15-4-5-17(19(12-15)28-7-6-18(14-28)25-33(3,30)31)13-26-8-10-27(11-9-26)20(29)32-16(2)21(22,23)24/h4-5,12,16,18,25H,6-11,13-14H2,1-3H3/t16?,18-/m1/s1. The largest absolute Gasteiger partial charge is 0.437 e. The van der Waals surface area contributed by atoms with Crippen LogP contribution in [-0.2, 0) is 21.3 Å². The van der Waals surface area contributed by atoms with Gasteiger partial charge in [-0.2, -0.15) is 13.2 Å². The lowest BCUT2D eigenvalue weighted by atomic mass is 10.1. The molecule has 0 radical (unpaired) electrons. The topological polar surface area (TPSA) is 82.2 Å². The van der Waals surface area contributed by atoms with Gasteiger partial charge in [0.2, 0.25) is 10.0 Å². The Labute approximate surface area is 192 Å². The number of aryl methyl sites for hydroxylation is 1. The van der Waals surface area contributed by atoms with E-state index in [4.69, 9.17) is 0 Å². The Morgan fingerprint density at radius 2 is 1.88 bits per heavy atom. The highest BCUT2D eigenvalue weighted by molar-refractivity contribution is 7.88. The van der Waals surface area contributed by atoms with Crippen LogP contribution in [0.15, 0.2) is 18.2 Å². The molecular weight excluding hydrogens is 461 g/mol. The number of hydrogen-bond donors (Lipinski definition) is 1. The SMILES string of the molecule is Cc1ccc(CN2CCN(C(=O)OC(C)C(F)(F)F)CC2)c(N2CC[C@@H](NS(C)(=O)=O)C2)c1. The van der Waals surface area contributed by atoms with Crippen molar-refractivity contribution in [3.8, 4) is 0 Å². The molecule has 2 heterocycles. The van der Waals surface area contributed by atoms with Crippen molar-refractivity contribution in [1.29, 1.82) is 0 Å². The lowest BCUT2D eigenvalue weighted by molar-refractivity contribution is -0.200. The van der Waals surface area contributed by atoms with Crippen LogP contribution < -0.4 is 9.62 Å². The average Bonchev–Trinajstić information content (AvgIpc) is 3.15. The lowest BCUT2D eigenvalue weighted by Crippen LogP contribution is -2.49. The summed E-state index contributed by atoms with van der Waals surface area (Å²) in [4.78, 5) is 17.7. The third-order valence-corrected chi connectivity index (χ3v) is 6.67. The number of hydrogen-bond acceptors (Lipinski definition) is 6. The van der Waals surface area contributed by atoms with Gasteiger partial charge in [-0.1, -0.05) is 12.1 Å². The van der Waals surface area contributed by atoms with Crippen LogP contribution >= 0.6 is 0 Å². The monoisotopic (exact) mass is 492 g/mol. The molecule has 8 nitrogen and oxygen atoms in total. The summed E-state index contributed by atoms with van der Waals surface area (Å²) in [5.74, 6) is 0. The van der Waals surface area contributed by atoms with E-state index in [1.54, 1.807) is 0 Å². The van der Waals surface area contributed by atoms with E-state index in [1.165, 1.54) is 4.90 Å². The summed E-state index contributed by atoms with van der Waals surface area (Å²) in [6.45, 7) is 6.37. The van der Waals surface area contributed by atoms with Gasteiger partial charge in [0.15, 0.2) is 6.10 Å². The first kappa shape index (κ1) is 25.6. The molecule has 186 valence electrons. The van der Waals surface area contributed by atoms with Crippen molar-refractivity contribution in [2.45, 2.75) is 45.1 Å².